The Bertz CT molecular complexity index is 965. The number of carbonyl (C=O) groups is 1. The van der Waals surface area contributed by atoms with Crippen LogP contribution in [-0.2, 0) is 21.2 Å². The van der Waals surface area contributed by atoms with Gasteiger partial charge in [-0.2, -0.15) is 0 Å². The lowest BCUT2D eigenvalue weighted by molar-refractivity contribution is -0.134. The van der Waals surface area contributed by atoms with Gasteiger partial charge in [0.15, 0.2) is 9.84 Å². The lowest BCUT2D eigenvalue weighted by atomic mass is 10.1. The van der Waals surface area contributed by atoms with Gasteiger partial charge in [-0.3, -0.25) is 9.59 Å². The average Bonchev–Trinajstić information content (AvgIpc) is 3.24. The fraction of sp³-hybridized carbons (Fsp3) is 0.529. The summed E-state index contributed by atoms with van der Waals surface area (Å²) in [6.45, 7) is 4.19. The molecule has 0 saturated carbocycles. The third-order valence-corrected chi connectivity index (χ3v) is 6.18. The first-order valence-corrected chi connectivity index (χ1v) is 10.5. The van der Waals surface area contributed by atoms with Gasteiger partial charge in [0, 0.05) is 24.8 Å². The van der Waals surface area contributed by atoms with Gasteiger partial charge in [-0.1, -0.05) is 13.8 Å². The Balaban J connectivity index is 1.83. The summed E-state index contributed by atoms with van der Waals surface area (Å²) in [6.07, 6.45) is 3.10. The van der Waals surface area contributed by atoms with Crippen molar-refractivity contribution < 1.29 is 17.6 Å². The number of aromatic nitrogens is 3. The van der Waals surface area contributed by atoms with Crippen molar-refractivity contribution in [3.8, 4) is 11.5 Å². The monoisotopic (exact) mass is 394 g/mol. The maximum Gasteiger partial charge on any atom is 0.251 e. The molecule has 1 aliphatic rings. The second-order valence-electron chi connectivity index (χ2n) is 7.12. The molecule has 1 unspecified atom stereocenters. The molecule has 0 bridgehead atoms. The van der Waals surface area contributed by atoms with E-state index in [1.54, 1.807) is 11.0 Å². The Hall–Kier alpha value is -2.49. The number of hydrogen-bond donors (Lipinski definition) is 0. The number of carbonyl (C=O) groups excluding carboxylic acids is 1. The quantitative estimate of drug-likeness (QED) is 0.703. The van der Waals surface area contributed by atoms with Crippen LogP contribution >= 0.6 is 0 Å². The molecule has 1 saturated heterocycles. The van der Waals surface area contributed by atoms with Gasteiger partial charge >= 0.3 is 0 Å². The molecule has 1 atom stereocenters. The number of pyridine rings is 1. The van der Waals surface area contributed by atoms with Crippen LogP contribution in [0.5, 0.6) is 0 Å². The van der Waals surface area contributed by atoms with Crippen molar-refractivity contribution in [3.63, 3.8) is 0 Å². The van der Waals surface area contributed by atoms with Crippen LogP contribution in [0.4, 0.5) is 0 Å². The average molecular weight is 394 g/mol. The minimum atomic E-state index is -3.12. The zero-order chi connectivity index (χ0) is 19.6. The number of sulfone groups is 1. The summed E-state index contributed by atoms with van der Waals surface area (Å²) in [7, 11) is -3.12. The van der Waals surface area contributed by atoms with Gasteiger partial charge in [-0.05, 0) is 18.4 Å². The molecule has 3 heterocycles. The predicted molar refractivity (Wildman–Crippen MR) is 97.6 cm³/mol. The third-order valence-electron chi connectivity index (χ3n) is 4.43. The second kappa shape index (κ2) is 7.63. The van der Waals surface area contributed by atoms with Gasteiger partial charge in [0.05, 0.1) is 17.1 Å². The first-order chi connectivity index (χ1) is 12.7. The van der Waals surface area contributed by atoms with Crippen molar-refractivity contribution in [2.75, 3.05) is 18.1 Å². The summed E-state index contributed by atoms with van der Waals surface area (Å²) in [4.78, 5) is 26.7. The molecule has 1 amide bonds. The predicted octanol–water partition coefficient (Wildman–Crippen LogP) is 0.570. The van der Waals surface area contributed by atoms with Crippen molar-refractivity contribution in [2.45, 2.75) is 32.9 Å². The summed E-state index contributed by atoms with van der Waals surface area (Å²) in [5.74, 6) is 0.209. The Labute approximate surface area is 156 Å². The topological polar surface area (TPSA) is 115 Å². The van der Waals surface area contributed by atoms with Gasteiger partial charge in [0.2, 0.25) is 18.2 Å². The van der Waals surface area contributed by atoms with E-state index in [0.29, 0.717) is 18.5 Å². The van der Waals surface area contributed by atoms with Crippen molar-refractivity contribution in [3.05, 3.63) is 35.1 Å². The lowest BCUT2D eigenvalue weighted by Gasteiger charge is -2.30. The molecule has 3 rings (SSSR count). The molecule has 0 spiro atoms. The molecular formula is C17H22N4O5S. The maximum atomic E-state index is 12.9. The van der Waals surface area contributed by atoms with E-state index in [4.69, 9.17) is 4.42 Å². The van der Waals surface area contributed by atoms with Crippen molar-refractivity contribution >= 4 is 15.7 Å². The van der Waals surface area contributed by atoms with Crippen LogP contribution in [0.1, 0.15) is 20.3 Å². The molecule has 1 aliphatic heterocycles. The fourth-order valence-corrected chi connectivity index (χ4v) is 4.92. The van der Waals surface area contributed by atoms with E-state index in [2.05, 4.69) is 10.2 Å². The molecule has 9 nitrogen and oxygen atoms in total. The van der Waals surface area contributed by atoms with Crippen molar-refractivity contribution in [1.29, 1.82) is 0 Å². The highest BCUT2D eigenvalue weighted by molar-refractivity contribution is 7.91. The summed E-state index contributed by atoms with van der Waals surface area (Å²) >= 11 is 0. The highest BCUT2D eigenvalue weighted by Crippen LogP contribution is 2.20. The molecule has 0 aromatic carbocycles. The number of hydrogen-bond acceptors (Lipinski definition) is 7. The molecule has 0 radical (unpaired) electrons. The number of amides is 1. The van der Waals surface area contributed by atoms with Crippen molar-refractivity contribution in [2.24, 2.45) is 5.92 Å². The highest BCUT2D eigenvalue weighted by Gasteiger charge is 2.34. The summed E-state index contributed by atoms with van der Waals surface area (Å²) in [6, 6.07) is 2.53. The largest absolute Gasteiger partial charge is 0.423 e. The summed E-state index contributed by atoms with van der Waals surface area (Å²) in [5.41, 5.74) is 0.189. The number of rotatable bonds is 6. The standard InChI is InChI=1S/C17H22N4O5S/c1-12(2)7-21(14-5-6-27(24,25)10-14)16(23)9-20-8-13(3-4-15(20)22)17-19-18-11-26-17/h3-4,8,11-12,14H,5-7,9-10H2,1-2H3. The van der Waals surface area contributed by atoms with Crippen LogP contribution in [-0.4, -0.2) is 58.1 Å². The van der Waals surface area contributed by atoms with E-state index in [9.17, 15) is 18.0 Å². The summed E-state index contributed by atoms with van der Waals surface area (Å²) in [5, 5.41) is 7.40. The van der Waals surface area contributed by atoms with E-state index >= 15 is 0 Å². The Kier molecular flexibility index (Phi) is 5.45. The Morgan fingerprint density at radius 3 is 2.78 bits per heavy atom. The number of nitrogens with zero attached hydrogens (tertiary/aromatic N) is 4. The Morgan fingerprint density at radius 2 is 2.19 bits per heavy atom. The maximum absolute atomic E-state index is 12.9. The van der Waals surface area contributed by atoms with Crippen molar-refractivity contribution in [1.82, 2.24) is 19.7 Å². The van der Waals surface area contributed by atoms with Crippen LogP contribution in [0.25, 0.3) is 11.5 Å². The molecule has 0 N–H and O–H groups in total. The molecule has 146 valence electrons. The van der Waals surface area contributed by atoms with E-state index < -0.39 is 9.84 Å². The minimum Gasteiger partial charge on any atom is -0.423 e. The highest BCUT2D eigenvalue weighted by atomic mass is 32.2. The molecule has 0 aliphatic carbocycles. The van der Waals surface area contributed by atoms with Crippen LogP contribution in [0.15, 0.2) is 33.9 Å². The van der Waals surface area contributed by atoms with E-state index in [-0.39, 0.29) is 47.4 Å². The van der Waals surface area contributed by atoms with Crippen LogP contribution in [0.3, 0.4) is 0 Å². The molecule has 2 aromatic heterocycles. The zero-order valence-corrected chi connectivity index (χ0v) is 16.1. The normalized spacial score (nSPS) is 18.7. The minimum absolute atomic E-state index is 0.0254. The van der Waals surface area contributed by atoms with Gasteiger partial charge in [0.25, 0.3) is 5.56 Å². The van der Waals surface area contributed by atoms with Gasteiger partial charge in [-0.15, -0.1) is 10.2 Å². The van der Waals surface area contributed by atoms with Crippen LogP contribution in [0, 0.1) is 5.92 Å². The second-order valence-corrected chi connectivity index (χ2v) is 9.35. The lowest BCUT2D eigenvalue weighted by Crippen LogP contribution is -2.45. The van der Waals surface area contributed by atoms with Gasteiger partial charge < -0.3 is 13.9 Å². The molecule has 27 heavy (non-hydrogen) atoms. The first kappa shape index (κ1) is 19.3. The van der Waals surface area contributed by atoms with E-state index in [0.717, 1.165) is 0 Å². The van der Waals surface area contributed by atoms with Crippen LogP contribution < -0.4 is 5.56 Å². The van der Waals surface area contributed by atoms with E-state index in [1.807, 2.05) is 13.8 Å². The molecule has 1 fully saturated rings. The van der Waals surface area contributed by atoms with Crippen LogP contribution in [0.2, 0.25) is 0 Å². The fourth-order valence-electron chi connectivity index (χ4n) is 3.19. The molecule has 10 heteroatoms. The summed E-state index contributed by atoms with van der Waals surface area (Å²) < 4.78 is 30.1. The Morgan fingerprint density at radius 1 is 1.41 bits per heavy atom. The van der Waals surface area contributed by atoms with Gasteiger partial charge in [0.1, 0.15) is 6.54 Å². The zero-order valence-electron chi connectivity index (χ0n) is 15.2. The molecule has 2 aromatic rings. The third kappa shape index (κ3) is 4.62. The smallest absolute Gasteiger partial charge is 0.251 e. The van der Waals surface area contributed by atoms with Gasteiger partial charge in [-0.25, -0.2) is 8.42 Å². The SMILES string of the molecule is CC(C)CN(C(=O)Cn1cc(-c2nnco2)ccc1=O)C1CCS(=O)(=O)C1. The van der Waals surface area contributed by atoms with E-state index in [1.165, 1.54) is 23.2 Å². The first-order valence-electron chi connectivity index (χ1n) is 8.72. The molecular weight excluding hydrogens is 372 g/mol.